The lowest BCUT2D eigenvalue weighted by molar-refractivity contribution is 0.243. The van der Waals surface area contributed by atoms with Crippen LogP contribution in [0.3, 0.4) is 0 Å². The van der Waals surface area contributed by atoms with E-state index >= 15 is 0 Å². The van der Waals surface area contributed by atoms with Gasteiger partial charge in [0.05, 0.1) is 6.10 Å². The summed E-state index contributed by atoms with van der Waals surface area (Å²) < 4.78 is 0. The van der Waals surface area contributed by atoms with Gasteiger partial charge in [-0.25, -0.2) is 0 Å². The van der Waals surface area contributed by atoms with E-state index in [-0.39, 0.29) is 5.76 Å². The van der Waals surface area contributed by atoms with Crippen LogP contribution in [0.2, 0.25) is 0 Å². The molecule has 0 aromatic rings. The Morgan fingerprint density at radius 3 is 2.44 bits per heavy atom. The minimum atomic E-state index is -0.493. The van der Waals surface area contributed by atoms with E-state index in [9.17, 15) is 0 Å². The first-order valence-electron chi connectivity index (χ1n) is 2.88. The van der Waals surface area contributed by atoms with Gasteiger partial charge in [-0.3, -0.25) is 0 Å². The highest BCUT2D eigenvalue weighted by Crippen LogP contribution is 1.91. The zero-order valence-corrected chi connectivity index (χ0v) is 5.70. The van der Waals surface area contributed by atoms with Gasteiger partial charge >= 0.3 is 0 Å². The number of hydrogen-bond donors (Lipinski definition) is 2. The molecule has 2 nitrogen and oxygen atoms in total. The second-order valence-electron chi connectivity index (χ2n) is 1.81. The van der Waals surface area contributed by atoms with Crippen molar-refractivity contribution in [2.45, 2.75) is 20.0 Å². The first-order chi connectivity index (χ1) is 4.16. The maximum absolute atomic E-state index is 8.77. The molecule has 0 spiro atoms. The van der Waals surface area contributed by atoms with Gasteiger partial charge in [-0.1, -0.05) is 6.08 Å². The quantitative estimate of drug-likeness (QED) is 0.435. The molecule has 1 unspecified atom stereocenters. The van der Waals surface area contributed by atoms with E-state index in [2.05, 4.69) is 0 Å². The largest absolute Gasteiger partial charge is 0.508 e. The Hall–Kier alpha value is -0.760. The molecule has 0 radical (unpaired) electrons. The molecule has 0 bridgehead atoms. The number of rotatable bonds is 2. The van der Waals surface area contributed by atoms with E-state index in [4.69, 9.17) is 10.2 Å². The summed E-state index contributed by atoms with van der Waals surface area (Å²) in [5.74, 6) is 0.177. The molecule has 1 atom stereocenters. The van der Waals surface area contributed by atoms with Crippen molar-refractivity contribution in [3.63, 3.8) is 0 Å². The molecule has 0 aliphatic heterocycles. The fraction of sp³-hybridized carbons (Fsp3) is 0.429. The van der Waals surface area contributed by atoms with Gasteiger partial charge in [-0.05, 0) is 26.0 Å². The molecule has 2 N–H and O–H groups in total. The molecule has 0 aromatic heterocycles. The maximum atomic E-state index is 8.77. The summed E-state index contributed by atoms with van der Waals surface area (Å²) in [7, 11) is 0. The first kappa shape index (κ1) is 8.24. The molecule has 9 heavy (non-hydrogen) atoms. The summed E-state index contributed by atoms with van der Waals surface area (Å²) in [5, 5.41) is 17.4. The van der Waals surface area contributed by atoms with Crippen LogP contribution in [0.1, 0.15) is 13.8 Å². The Labute approximate surface area is 55.1 Å². The average molecular weight is 128 g/mol. The summed E-state index contributed by atoms with van der Waals surface area (Å²) in [5.41, 5.74) is 0. The third kappa shape index (κ3) is 5.11. The summed E-state index contributed by atoms with van der Waals surface area (Å²) >= 11 is 0. The lowest BCUT2D eigenvalue weighted by Crippen LogP contribution is -1.91. The van der Waals surface area contributed by atoms with Crippen molar-refractivity contribution in [2.24, 2.45) is 0 Å². The highest BCUT2D eigenvalue weighted by atomic mass is 16.3. The minimum absolute atomic E-state index is 0.177. The third-order valence-electron chi connectivity index (χ3n) is 0.841. The van der Waals surface area contributed by atoms with Gasteiger partial charge in [0.15, 0.2) is 0 Å². The first-order valence-corrected chi connectivity index (χ1v) is 2.88. The Morgan fingerprint density at radius 2 is 2.11 bits per heavy atom. The highest BCUT2D eigenvalue weighted by molar-refractivity contribution is 5.10. The van der Waals surface area contributed by atoms with Gasteiger partial charge in [0, 0.05) is 0 Å². The van der Waals surface area contributed by atoms with Crippen molar-refractivity contribution in [1.82, 2.24) is 0 Å². The Morgan fingerprint density at radius 1 is 1.56 bits per heavy atom. The van der Waals surface area contributed by atoms with Crippen molar-refractivity contribution in [1.29, 1.82) is 0 Å². The smallest absolute Gasteiger partial charge is 0.111 e. The highest BCUT2D eigenvalue weighted by Gasteiger charge is 1.85. The Bertz CT molecular complexity index is 123. The van der Waals surface area contributed by atoms with Crippen LogP contribution < -0.4 is 0 Å². The van der Waals surface area contributed by atoms with Crippen LogP contribution in [-0.4, -0.2) is 16.3 Å². The minimum Gasteiger partial charge on any atom is -0.508 e. The van der Waals surface area contributed by atoms with Crippen molar-refractivity contribution in [3.05, 3.63) is 24.0 Å². The van der Waals surface area contributed by atoms with E-state index in [1.54, 1.807) is 19.9 Å². The lowest BCUT2D eigenvalue weighted by atomic mass is 10.3. The summed E-state index contributed by atoms with van der Waals surface area (Å²) in [6, 6.07) is 0. The average Bonchev–Trinajstić information content (AvgIpc) is 1.83. The molecule has 0 saturated carbocycles. The van der Waals surface area contributed by atoms with Crippen LogP contribution in [0.4, 0.5) is 0 Å². The Balaban J connectivity index is 3.71. The number of aliphatic hydroxyl groups excluding tert-OH is 2. The molecule has 52 valence electrons. The van der Waals surface area contributed by atoms with Crippen LogP contribution in [-0.2, 0) is 0 Å². The van der Waals surface area contributed by atoms with Gasteiger partial charge in [-0.2, -0.15) is 0 Å². The van der Waals surface area contributed by atoms with Crippen molar-refractivity contribution < 1.29 is 10.2 Å². The van der Waals surface area contributed by atoms with Gasteiger partial charge in [0.25, 0.3) is 0 Å². The van der Waals surface area contributed by atoms with Gasteiger partial charge in [0.2, 0.25) is 0 Å². The third-order valence-corrected chi connectivity index (χ3v) is 0.841. The number of aliphatic hydroxyl groups is 2. The van der Waals surface area contributed by atoms with Crippen molar-refractivity contribution in [2.75, 3.05) is 0 Å². The van der Waals surface area contributed by atoms with Crippen LogP contribution in [0, 0.1) is 0 Å². The van der Waals surface area contributed by atoms with Gasteiger partial charge in [-0.15, -0.1) is 0 Å². The van der Waals surface area contributed by atoms with E-state index in [0.29, 0.717) is 0 Å². The number of hydrogen-bond acceptors (Lipinski definition) is 2. The van der Waals surface area contributed by atoms with E-state index < -0.39 is 6.10 Å². The molecule has 0 aliphatic carbocycles. The summed E-state index contributed by atoms with van der Waals surface area (Å²) in [6.07, 6.45) is 4.03. The van der Waals surface area contributed by atoms with Crippen LogP contribution in [0.25, 0.3) is 0 Å². The zero-order valence-electron chi connectivity index (χ0n) is 5.70. The molecule has 0 saturated heterocycles. The molecular weight excluding hydrogens is 116 g/mol. The molecule has 0 heterocycles. The summed E-state index contributed by atoms with van der Waals surface area (Å²) in [4.78, 5) is 0. The number of allylic oxidation sites excluding steroid dienone is 2. The molecule has 0 amide bonds. The molecule has 0 fully saturated rings. The normalized spacial score (nSPS) is 16.6. The molecule has 0 aromatic carbocycles. The standard InChI is InChI=1S/C7H12O2/c1-3-7(9)5-4-6(2)8/h3-6,8-9H,1-2H3. The fourth-order valence-electron chi connectivity index (χ4n) is 0.334. The van der Waals surface area contributed by atoms with Crippen molar-refractivity contribution >= 4 is 0 Å². The maximum Gasteiger partial charge on any atom is 0.111 e. The predicted octanol–water partition coefficient (Wildman–Crippen LogP) is 1.39. The van der Waals surface area contributed by atoms with E-state index in [1.165, 1.54) is 12.2 Å². The Kier molecular flexibility index (Phi) is 3.80. The van der Waals surface area contributed by atoms with Crippen LogP contribution >= 0.6 is 0 Å². The SMILES string of the molecule is CC=C(O)C=CC(C)O. The van der Waals surface area contributed by atoms with E-state index in [0.717, 1.165) is 0 Å². The van der Waals surface area contributed by atoms with Gasteiger partial charge < -0.3 is 10.2 Å². The predicted molar refractivity (Wildman–Crippen MR) is 37.2 cm³/mol. The van der Waals surface area contributed by atoms with E-state index in [1.807, 2.05) is 0 Å². The molecule has 0 aliphatic rings. The molecular formula is C7H12O2. The molecule has 2 heteroatoms. The monoisotopic (exact) mass is 128 g/mol. The lowest BCUT2D eigenvalue weighted by Gasteiger charge is -1.91. The van der Waals surface area contributed by atoms with Crippen LogP contribution in [0.5, 0.6) is 0 Å². The van der Waals surface area contributed by atoms with Crippen LogP contribution in [0.15, 0.2) is 24.0 Å². The van der Waals surface area contributed by atoms with Gasteiger partial charge in [0.1, 0.15) is 5.76 Å². The topological polar surface area (TPSA) is 40.5 Å². The second-order valence-corrected chi connectivity index (χ2v) is 1.81. The molecule has 0 rings (SSSR count). The fourth-order valence-corrected chi connectivity index (χ4v) is 0.334. The zero-order chi connectivity index (χ0) is 7.28. The second kappa shape index (κ2) is 4.15. The summed E-state index contributed by atoms with van der Waals surface area (Å²) in [6.45, 7) is 3.35. The van der Waals surface area contributed by atoms with Crippen molar-refractivity contribution in [3.8, 4) is 0 Å².